The number of ether oxygens (including phenoxy) is 1. The number of carbonyl (C=O) groups excluding carboxylic acids is 1. The lowest BCUT2D eigenvalue weighted by Crippen LogP contribution is -2.50. The predicted molar refractivity (Wildman–Crippen MR) is 96.3 cm³/mol. The normalized spacial score (nSPS) is 16.7. The molecule has 2 aromatic carbocycles. The van der Waals surface area contributed by atoms with Crippen molar-refractivity contribution in [3.05, 3.63) is 59.1 Å². The van der Waals surface area contributed by atoms with E-state index in [9.17, 15) is 13.2 Å². The van der Waals surface area contributed by atoms with E-state index in [0.717, 1.165) is 16.1 Å². The molecule has 0 spiro atoms. The highest BCUT2D eigenvalue weighted by atomic mass is 35.5. The summed E-state index contributed by atoms with van der Waals surface area (Å²) in [4.78, 5) is 12.4. The standard InChI is InChI=1S/C17H17ClN2O4S/c1-25(22,23)20-11-16(24-15-8-7-13(18)9-14(15)20)17(21)19-10-12-5-3-2-4-6-12/h2-9,16H,10-11H2,1H3,(H,19,21)/t16-/m1/s1. The number of rotatable bonds is 4. The molecule has 0 aromatic heterocycles. The molecule has 0 saturated heterocycles. The zero-order valence-electron chi connectivity index (χ0n) is 13.5. The number of nitrogens with one attached hydrogen (secondary N) is 1. The van der Waals surface area contributed by atoms with Gasteiger partial charge >= 0.3 is 0 Å². The van der Waals surface area contributed by atoms with Crippen molar-refractivity contribution in [2.75, 3.05) is 17.1 Å². The molecule has 1 N–H and O–H groups in total. The van der Waals surface area contributed by atoms with Crippen LogP contribution in [0.3, 0.4) is 0 Å². The van der Waals surface area contributed by atoms with Crippen LogP contribution in [0.15, 0.2) is 48.5 Å². The number of hydrogen-bond donors (Lipinski definition) is 1. The van der Waals surface area contributed by atoms with Gasteiger partial charge in [-0.1, -0.05) is 41.9 Å². The molecule has 0 radical (unpaired) electrons. The van der Waals surface area contributed by atoms with E-state index >= 15 is 0 Å². The van der Waals surface area contributed by atoms with Gasteiger partial charge in [-0.25, -0.2) is 8.42 Å². The molecule has 2 aromatic rings. The number of sulfonamides is 1. The summed E-state index contributed by atoms with van der Waals surface area (Å²) in [7, 11) is -3.57. The van der Waals surface area contributed by atoms with E-state index in [1.165, 1.54) is 6.07 Å². The number of fused-ring (bicyclic) bond motifs is 1. The van der Waals surface area contributed by atoms with E-state index < -0.39 is 16.1 Å². The third-order valence-corrected chi connectivity index (χ3v) is 5.17. The highest BCUT2D eigenvalue weighted by Crippen LogP contribution is 2.37. The summed E-state index contributed by atoms with van der Waals surface area (Å²) in [6.45, 7) is 0.235. The number of hydrogen-bond acceptors (Lipinski definition) is 4. The lowest BCUT2D eigenvalue weighted by molar-refractivity contribution is -0.127. The van der Waals surface area contributed by atoms with Crippen molar-refractivity contribution in [1.29, 1.82) is 0 Å². The van der Waals surface area contributed by atoms with Crippen molar-refractivity contribution in [1.82, 2.24) is 5.32 Å². The summed E-state index contributed by atoms with van der Waals surface area (Å²) in [6, 6.07) is 14.1. The topological polar surface area (TPSA) is 75.7 Å². The maximum atomic E-state index is 12.4. The summed E-state index contributed by atoms with van der Waals surface area (Å²) < 4.78 is 31.0. The van der Waals surface area contributed by atoms with Crippen molar-refractivity contribution in [2.24, 2.45) is 0 Å². The number of halogens is 1. The minimum Gasteiger partial charge on any atom is -0.476 e. The largest absolute Gasteiger partial charge is 0.476 e. The highest BCUT2D eigenvalue weighted by molar-refractivity contribution is 7.92. The smallest absolute Gasteiger partial charge is 0.263 e. The van der Waals surface area contributed by atoms with Gasteiger partial charge in [0.05, 0.1) is 18.5 Å². The molecule has 1 amide bonds. The van der Waals surface area contributed by atoms with Gasteiger partial charge in [0.2, 0.25) is 10.0 Å². The summed E-state index contributed by atoms with van der Waals surface area (Å²) in [5.74, 6) is -0.0703. The highest BCUT2D eigenvalue weighted by Gasteiger charge is 2.35. The van der Waals surface area contributed by atoms with Crippen LogP contribution in [-0.4, -0.2) is 33.2 Å². The maximum absolute atomic E-state index is 12.4. The van der Waals surface area contributed by atoms with Gasteiger partial charge in [0.25, 0.3) is 5.91 Å². The Balaban J connectivity index is 1.79. The van der Waals surface area contributed by atoms with Crippen molar-refractivity contribution < 1.29 is 17.9 Å². The molecular weight excluding hydrogens is 364 g/mol. The molecule has 0 aliphatic carbocycles. The molecule has 0 bridgehead atoms. The van der Waals surface area contributed by atoms with E-state index in [1.807, 2.05) is 30.3 Å². The number of carbonyl (C=O) groups is 1. The molecule has 6 nitrogen and oxygen atoms in total. The zero-order valence-corrected chi connectivity index (χ0v) is 15.0. The summed E-state index contributed by atoms with van der Waals surface area (Å²) in [5.41, 5.74) is 1.28. The molecule has 0 fully saturated rings. The maximum Gasteiger partial charge on any atom is 0.263 e. The molecule has 25 heavy (non-hydrogen) atoms. The van der Waals surface area contributed by atoms with Gasteiger partial charge in [0.15, 0.2) is 6.10 Å². The van der Waals surface area contributed by atoms with Crippen LogP contribution >= 0.6 is 11.6 Å². The quantitative estimate of drug-likeness (QED) is 0.882. The van der Waals surface area contributed by atoms with Crippen molar-refractivity contribution in [2.45, 2.75) is 12.6 Å². The van der Waals surface area contributed by atoms with Crippen LogP contribution in [-0.2, 0) is 21.4 Å². The molecule has 0 saturated carbocycles. The van der Waals surface area contributed by atoms with Crippen molar-refractivity contribution in [3.63, 3.8) is 0 Å². The summed E-state index contributed by atoms with van der Waals surface area (Å²) >= 11 is 5.95. The summed E-state index contributed by atoms with van der Waals surface area (Å²) in [6.07, 6.45) is 0.147. The monoisotopic (exact) mass is 380 g/mol. The molecule has 3 rings (SSSR count). The van der Waals surface area contributed by atoms with Crippen LogP contribution in [0.2, 0.25) is 5.02 Å². The van der Waals surface area contributed by atoms with Crippen LogP contribution < -0.4 is 14.4 Å². The van der Waals surface area contributed by atoms with Crippen molar-refractivity contribution in [3.8, 4) is 5.75 Å². The van der Waals surface area contributed by atoms with Gasteiger partial charge in [-0.15, -0.1) is 0 Å². The second-order valence-corrected chi connectivity index (χ2v) is 8.06. The summed E-state index contributed by atoms with van der Waals surface area (Å²) in [5, 5.41) is 3.16. The third kappa shape index (κ3) is 4.05. The average molecular weight is 381 g/mol. The first-order valence-corrected chi connectivity index (χ1v) is 9.83. The molecule has 1 aliphatic rings. The number of anilines is 1. The Kier molecular flexibility index (Phi) is 4.87. The van der Waals surface area contributed by atoms with Crippen LogP contribution in [0, 0.1) is 0 Å². The first-order chi connectivity index (χ1) is 11.8. The minimum atomic E-state index is -3.57. The van der Waals surface area contributed by atoms with E-state index in [2.05, 4.69) is 5.32 Å². The van der Waals surface area contributed by atoms with Crippen LogP contribution in [0.25, 0.3) is 0 Å². The van der Waals surface area contributed by atoms with E-state index in [-0.39, 0.29) is 12.5 Å². The van der Waals surface area contributed by atoms with E-state index in [1.54, 1.807) is 12.1 Å². The predicted octanol–water partition coefficient (Wildman–Crippen LogP) is 2.18. The van der Waals surface area contributed by atoms with Gasteiger partial charge in [-0.05, 0) is 23.8 Å². The van der Waals surface area contributed by atoms with Gasteiger partial charge in [-0.3, -0.25) is 9.10 Å². The second kappa shape index (κ2) is 6.93. The Morgan fingerprint density at radius 3 is 2.68 bits per heavy atom. The Morgan fingerprint density at radius 2 is 2.00 bits per heavy atom. The first-order valence-electron chi connectivity index (χ1n) is 7.60. The SMILES string of the molecule is CS(=O)(=O)N1C[C@H](C(=O)NCc2ccccc2)Oc2ccc(Cl)cc21. The lowest BCUT2D eigenvalue weighted by atomic mass is 10.2. The fourth-order valence-electron chi connectivity index (χ4n) is 2.57. The van der Waals surface area contributed by atoms with Crippen molar-refractivity contribution >= 4 is 33.2 Å². The molecular formula is C17H17ClN2O4S. The fourth-order valence-corrected chi connectivity index (χ4v) is 3.65. The number of nitrogens with zero attached hydrogens (tertiary/aromatic N) is 1. The Bertz CT molecular complexity index is 887. The minimum absolute atomic E-state index is 0.104. The number of amides is 1. The Hall–Kier alpha value is -2.25. The first kappa shape index (κ1) is 17.6. The van der Waals surface area contributed by atoms with Gasteiger partial charge < -0.3 is 10.1 Å². The molecule has 132 valence electrons. The Morgan fingerprint density at radius 1 is 1.28 bits per heavy atom. The zero-order chi connectivity index (χ0) is 18.0. The van der Waals surface area contributed by atoms with Gasteiger partial charge in [0, 0.05) is 11.6 Å². The fraction of sp³-hybridized carbons (Fsp3) is 0.235. The molecule has 1 heterocycles. The average Bonchev–Trinajstić information content (AvgIpc) is 2.58. The third-order valence-electron chi connectivity index (χ3n) is 3.79. The molecule has 8 heteroatoms. The van der Waals surface area contributed by atoms with Gasteiger partial charge in [-0.2, -0.15) is 0 Å². The van der Waals surface area contributed by atoms with E-state index in [4.69, 9.17) is 16.3 Å². The van der Waals surface area contributed by atoms with Crippen LogP contribution in [0.4, 0.5) is 5.69 Å². The lowest BCUT2D eigenvalue weighted by Gasteiger charge is -2.34. The van der Waals surface area contributed by atoms with Crippen LogP contribution in [0.5, 0.6) is 5.75 Å². The molecule has 1 aliphatic heterocycles. The molecule has 0 unspecified atom stereocenters. The second-order valence-electron chi connectivity index (χ2n) is 5.72. The van der Waals surface area contributed by atoms with Gasteiger partial charge in [0.1, 0.15) is 5.75 Å². The Labute approximate surface area is 151 Å². The number of benzene rings is 2. The van der Waals surface area contributed by atoms with Crippen LogP contribution in [0.1, 0.15) is 5.56 Å². The van der Waals surface area contributed by atoms with E-state index in [0.29, 0.717) is 23.0 Å². The molecule has 1 atom stereocenters.